The third-order valence-electron chi connectivity index (χ3n) is 0.109. The predicted octanol–water partition coefficient (Wildman–Crippen LogP) is 1.56. The minimum absolute atomic E-state index is 0.379. The topological polar surface area (TPSA) is 0 Å². The van der Waals surface area contributed by atoms with Crippen LogP contribution in [-0.2, 0) is 20.2 Å². The van der Waals surface area contributed by atoms with E-state index in [1.165, 1.54) is 0 Å². The Morgan fingerprint density at radius 3 is 2.25 bits per heavy atom. The molecule has 0 atom stereocenters. The SMILES string of the molecule is C=[CH][Hg][I]. The molecule has 0 saturated heterocycles. The number of hydrogen-bond donors (Lipinski definition) is 0. The van der Waals surface area contributed by atoms with Gasteiger partial charge in [-0.05, 0) is 0 Å². The second kappa shape index (κ2) is 4.41. The van der Waals surface area contributed by atoms with Crippen molar-refractivity contribution in [3.63, 3.8) is 0 Å². The summed E-state index contributed by atoms with van der Waals surface area (Å²) in [7, 11) is 0. The van der Waals surface area contributed by atoms with Gasteiger partial charge in [0.1, 0.15) is 0 Å². The molecule has 0 unspecified atom stereocenters. The van der Waals surface area contributed by atoms with Crippen LogP contribution in [0.3, 0.4) is 0 Å². The van der Waals surface area contributed by atoms with Gasteiger partial charge in [0.05, 0.1) is 0 Å². The Balaban J connectivity index is 2.30. The summed E-state index contributed by atoms with van der Waals surface area (Å²) < 4.78 is 2.08. The van der Waals surface area contributed by atoms with Gasteiger partial charge in [0.15, 0.2) is 0 Å². The molecule has 0 aromatic heterocycles. The Hall–Kier alpha value is 1.41. The van der Waals surface area contributed by atoms with Crippen LogP contribution in [0.25, 0.3) is 0 Å². The van der Waals surface area contributed by atoms with E-state index in [0.29, 0.717) is 0 Å². The summed E-state index contributed by atoms with van der Waals surface area (Å²) in [6.45, 7) is 3.57. The zero-order chi connectivity index (χ0) is 3.41. The molecule has 0 fully saturated rings. The van der Waals surface area contributed by atoms with Crippen LogP contribution < -0.4 is 0 Å². The van der Waals surface area contributed by atoms with Crippen molar-refractivity contribution < 1.29 is 20.2 Å². The molecule has 2 heteroatoms. The van der Waals surface area contributed by atoms with Crippen molar-refractivity contribution in [3.05, 3.63) is 10.2 Å². The maximum absolute atomic E-state index is 3.57. The van der Waals surface area contributed by atoms with Gasteiger partial charge in [0.25, 0.3) is 0 Å². The first-order valence-corrected chi connectivity index (χ1v) is 19.7. The Morgan fingerprint density at radius 2 is 2.25 bits per heavy atom. The van der Waals surface area contributed by atoms with Crippen molar-refractivity contribution in [3.8, 4) is 0 Å². The van der Waals surface area contributed by atoms with Crippen LogP contribution in [0.4, 0.5) is 0 Å². The van der Waals surface area contributed by atoms with Gasteiger partial charge < -0.3 is 0 Å². The second-order valence-corrected chi connectivity index (χ2v) is 11.6. The van der Waals surface area contributed by atoms with Crippen LogP contribution in [0.2, 0.25) is 0 Å². The van der Waals surface area contributed by atoms with E-state index in [-0.39, 0.29) is 20.2 Å². The molecule has 0 aliphatic heterocycles. The molecule has 0 rings (SSSR count). The summed E-state index contributed by atoms with van der Waals surface area (Å²) >= 11 is 2.08. The van der Waals surface area contributed by atoms with Crippen molar-refractivity contribution in [2.75, 3.05) is 0 Å². The fraction of sp³-hybridized carbons (Fsp3) is 0. The van der Waals surface area contributed by atoms with E-state index >= 15 is 0 Å². The molecule has 0 aromatic carbocycles. The normalized spacial score (nSPS) is 4.25. The molecule has 0 nitrogen and oxygen atoms in total. The van der Waals surface area contributed by atoms with Gasteiger partial charge in [-0.2, -0.15) is 0 Å². The van der Waals surface area contributed by atoms with E-state index in [4.69, 9.17) is 0 Å². The van der Waals surface area contributed by atoms with Crippen LogP contribution in [0.15, 0.2) is 10.2 Å². The quantitative estimate of drug-likeness (QED) is 0.495. The molecule has 0 saturated carbocycles. The summed E-state index contributed by atoms with van der Waals surface area (Å²) in [5, 5.41) is 0. The molecule has 0 radical (unpaired) electrons. The molecule has 0 spiro atoms. The summed E-state index contributed by atoms with van der Waals surface area (Å²) in [6.07, 6.45) is 0. The van der Waals surface area contributed by atoms with E-state index in [0.717, 1.165) is 0 Å². The van der Waals surface area contributed by atoms with E-state index in [1.54, 1.807) is 0 Å². The molecule has 20 valence electrons. The zero-order valence-electron chi connectivity index (χ0n) is 2.37. The summed E-state index contributed by atoms with van der Waals surface area (Å²) in [6, 6.07) is 0. The third-order valence-corrected chi connectivity index (χ3v) is 6.42. The molecule has 0 amide bonds. The van der Waals surface area contributed by atoms with Crippen molar-refractivity contribution in [1.82, 2.24) is 0 Å². The Kier molecular flexibility index (Phi) is 5.95. The van der Waals surface area contributed by atoms with E-state index in [1.807, 2.05) is 0 Å². The third kappa shape index (κ3) is 3.41. The van der Waals surface area contributed by atoms with Gasteiger partial charge in [-0.3, -0.25) is 0 Å². The van der Waals surface area contributed by atoms with Crippen molar-refractivity contribution in [1.29, 1.82) is 0 Å². The standard InChI is InChI=1S/C2H3.Hg.HI/c1-2;;/h1H,2H2;;1H/q;+1;/p-1. The second-order valence-electron chi connectivity index (χ2n) is 0.443. The summed E-state index contributed by atoms with van der Waals surface area (Å²) in [5.74, 6) is 0. The van der Waals surface area contributed by atoms with E-state index in [9.17, 15) is 0 Å². The number of halogens is 1. The van der Waals surface area contributed by atoms with Gasteiger partial charge in [0.2, 0.25) is 0 Å². The average molecular weight is 355 g/mol. The van der Waals surface area contributed by atoms with Gasteiger partial charge >= 0.3 is 48.1 Å². The molecule has 0 aliphatic carbocycles. The maximum atomic E-state index is 3.57. The molecule has 0 aliphatic rings. The van der Waals surface area contributed by atoms with Crippen LogP contribution >= 0.6 is 17.7 Å². The minimum atomic E-state index is -0.379. The van der Waals surface area contributed by atoms with E-state index in [2.05, 4.69) is 27.8 Å². The first kappa shape index (κ1) is 5.41. The Labute approximate surface area is 47.5 Å². The van der Waals surface area contributed by atoms with Crippen LogP contribution in [0.5, 0.6) is 0 Å². The Bertz CT molecular complexity index is 20.0. The van der Waals surface area contributed by atoms with Crippen molar-refractivity contribution in [2.24, 2.45) is 0 Å². The number of rotatable bonds is 1. The van der Waals surface area contributed by atoms with Gasteiger partial charge in [0, 0.05) is 0 Å². The zero-order valence-corrected chi connectivity index (χ0v) is 10.0. The fourth-order valence-electron chi connectivity index (χ4n) is 0. The molecule has 0 aromatic rings. The average Bonchev–Trinajstić information content (AvgIpc) is 1.37. The fourth-order valence-corrected chi connectivity index (χ4v) is 0. The monoisotopic (exact) mass is 356 g/mol. The van der Waals surface area contributed by atoms with Crippen molar-refractivity contribution in [2.45, 2.75) is 0 Å². The van der Waals surface area contributed by atoms with Crippen LogP contribution in [0, 0.1) is 0 Å². The van der Waals surface area contributed by atoms with Crippen LogP contribution in [-0.4, -0.2) is 0 Å². The molecule has 0 bridgehead atoms. The summed E-state index contributed by atoms with van der Waals surface area (Å²) in [5.41, 5.74) is 0. The predicted molar refractivity (Wildman–Crippen MR) is 24.2 cm³/mol. The Morgan fingerprint density at radius 1 is 2.00 bits per heavy atom. The molecular formula is C2H3HgI. The van der Waals surface area contributed by atoms with Crippen LogP contribution in [0.1, 0.15) is 0 Å². The number of hydrogen-bond acceptors (Lipinski definition) is 0. The summed E-state index contributed by atoms with van der Waals surface area (Å²) in [4.78, 5) is 0. The first-order valence-electron chi connectivity index (χ1n) is 1.08. The molecular weight excluding hydrogens is 352 g/mol. The van der Waals surface area contributed by atoms with Gasteiger partial charge in [-0.25, -0.2) is 0 Å². The van der Waals surface area contributed by atoms with Gasteiger partial charge in [-0.15, -0.1) is 0 Å². The van der Waals surface area contributed by atoms with Gasteiger partial charge in [-0.1, -0.05) is 0 Å². The molecule has 0 heterocycles. The first-order chi connectivity index (χ1) is 1.91. The molecule has 0 N–H and O–H groups in total. The van der Waals surface area contributed by atoms with Crippen molar-refractivity contribution >= 4 is 17.7 Å². The van der Waals surface area contributed by atoms with E-state index < -0.39 is 0 Å². The molecule has 4 heavy (non-hydrogen) atoms.